The summed E-state index contributed by atoms with van der Waals surface area (Å²) in [5.41, 5.74) is 10.5. The molecule has 2 N–H and O–H groups in total. The zero-order chi connectivity index (χ0) is 12.0. The number of nitrogens with zero attached hydrogens (tertiary/aromatic N) is 1. The first-order valence-corrected chi connectivity index (χ1v) is 6.45. The first kappa shape index (κ1) is 10.8. The number of fused-ring (bicyclic) bond motifs is 1. The molecule has 17 heavy (non-hydrogen) atoms. The van der Waals surface area contributed by atoms with Gasteiger partial charge in [-0.1, -0.05) is 18.9 Å². The van der Waals surface area contributed by atoms with Crippen molar-refractivity contribution in [2.45, 2.75) is 38.1 Å². The van der Waals surface area contributed by atoms with E-state index < -0.39 is 0 Å². The van der Waals surface area contributed by atoms with E-state index in [4.69, 9.17) is 5.73 Å². The standard InChI is InChI=1S/C15H20N2/c1-11-9-13(15(16)6-3-4-7-15)10-12-5-8-17(2)14(11)12/h5,8-10H,3-4,6-7,16H2,1-2H3. The van der Waals surface area contributed by atoms with Gasteiger partial charge in [0.2, 0.25) is 0 Å². The van der Waals surface area contributed by atoms with Crippen LogP contribution >= 0.6 is 0 Å². The summed E-state index contributed by atoms with van der Waals surface area (Å²) in [6.45, 7) is 2.18. The predicted octanol–water partition coefficient (Wildman–Crippen LogP) is 3.21. The Morgan fingerprint density at radius 3 is 2.65 bits per heavy atom. The van der Waals surface area contributed by atoms with E-state index in [1.807, 2.05) is 0 Å². The molecule has 0 atom stereocenters. The lowest BCUT2D eigenvalue weighted by Crippen LogP contribution is -2.33. The van der Waals surface area contributed by atoms with Gasteiger partial charge in [0.1, 0.15) is 0 Å². The fourth-order valence-electron chi connectivity index (χ4n) is 3.26. The first-order chi connectivity index (χ1) is 8.10. The minimum atomic E-state index is -0.0746. The molecule has 2 heteroatoms. The lowest BCUT2D eigenvalue weighted by atomic mass is 9.87. The number of benzene rings is 1. The molecule has 2 nitrogen and oxygen atoms in total. The van der Waals surface area contributed by atoms with E-state index in [-0.39, 0.29) is 5.54 Å². The zero-order valence-corrected chi connectivity index (χ0v) is 10.7. The highest BCUT2D eigenvalue weighted by molar-refractivity contribution is 5.84. The molecule has 0 spiro atoms. The summed E-state index contributed by atoms with van der Waals surface area (Å²) in [6, 6.07) is 6.76. The van der Waals surface area contributed by atoms with Crippen LogP contribution < -0.4 is 5.73 Å². The van der Waals surface area contributed by atoms with E-state index in [0.29, 0.717) is 0 Å². The fourth-order valence-corrected chi connectivity index (χ4v) is 3.26. The number of rotatable bonds is 1. The summed E-state index contributed by atoms with van der Waals surface area (Å²) in [4.78, 5) is 0. The van der Waals surface area contributed by atoms with Gasteiger partial charge in [0, 0.05) is 24.2 Å². The van der Waals surface area contributed by atoms with Crippen molar-refractivity contribution in [1.82, 2.24) is 4.57 Å². The molecule has 0 radical (unpaired) electrons. The minimum Gasteiger partial charge on any atom is -0.350 e. The van der Waals surface area contributed by atoms with Gasteiger partial charge in [-0.15, -0.1) is 0 Å². The van der Waals surface area contributed by atoms with Crippen LogP contribution in [0.15, 0.2) is 24.4 Å². The lowest BCUT2D eigenvalue weighted by molar-refractivity contribution is 0.462. The van der Waals surface area contributed by atoms with Crippen molar-refractivity contribution in [2.24, 2.45) is 12.8 Å². The fraction of sp³-hybridized carbons (Fsp3) is 0.467. The molecule has 0 unspecified atom stereocenters. The molecule has 1 fully saturated rings. The van der Waals surface area contributed by atoms with Crippen LogP contribution in [0.5, 0.6) is 0 Å². The van der Waals surface area contributed by atoms with Crippen LogP contribution in [-0.4, -0.2) is 4.57 Å². The van der Waals surface area contributed by atoms with Crippen molar-refractivity contribution in [2.75, 3.05) is 0 Å². The molecule has 0 aliphatic heterocycles. The van der Waals surface area contributed by atoms with Crippen LogP contribution in [-0.2, 0) is 12.6 Å². The Morgan fingerprint density at radius 1 is 1.24 bits per heavy atom. The van der Waals surface area contributed by atoms with Crippen molar-refractivity contribution in [1.29, 1.82) is 0 Å². The molecule has 1 aromatic heterocycles. The Balaban J connectivity index is 2.19. The Hall–Kier alpha value is -1.28. The molecule has 3 rings (SSSR count). The number of aromatic nitrogens is 1. The van der Waals surface area contributed by atoms with E-state index >= 15 is 0 Å². The highest BCUT2D eigenvalue weighted by atomic mass is 14.9. The summed E-state index contributed by atoms with van der Waals surface area (Å²) in [5.74, 6) is 0. The van der Waals surface area contributed by atoms with Gasteiger partial charge in [-0.05, 0) is 43.0 Å². The smallest absolute Gasteiger partial charge is 0.0507 e. The first-order valence-electron chi connectivity index (χ1n) is 6.45. The van der Waals surface area contributed by atoms with Gasteiger partial charge in [-0.2, -0.15) is 0 Å². The van der Waals surface area contributed by atoms with Gasteiger partial charge in [-0.3, -0.25) is 0 Å². The maximum Gasteiger partial charge on any atom is 0.0507 e. The molecule has 0 bridgehead atoms. The van der Waals surface area contributed by atoms with Crippen LogP contribution in [0.1, 0.15) is 36.8 Å². The summed E-state index contributed by atoms with van der Waals surface area (Å²) >= 11 is 0. The van der Waals surface area contributed by atoms with Crippen molar-refractivity contribution < 1.29 is 0 Å². The lowest BCUT2D eigenvalue weighted by Gasteiger charge is -2.25. The second-order valence-electron chi connectivity index (χ2n) is 5.52. The number of aryl methyl sites for hydroxylation is 2. The SMILES string of the molecule is Cc1cc(C2(N)CCCC2)cc2ccn(C)c12. The summed E-state index contributed by atoms with van der Waals surface area (Å²) < 4.78 is 2.19. The Morgan fingerprint density at radius 2 is 1.94 bits per heavy atom. The van der Waals surface area contributed by atoms with Crippen LogP contribution in [0.25, 0.3) is 10.9 Å². The van der Waals surface area contributed by atoms with Gasteiger partial charge < -0.3 is 10.3 Å². The van der Waals surface area contributed by atoms with Crippen molar-refractivity contribution in [3.8, 4) is 0 Å². The quantitative estimate of drug-likeness (QED) is 0.798. The summed E-state index contributed by atoms with van der Waals surface area (Å²) in [7, 11) is 2.10. The maximum absolute atomic E-state index is 6.54. The molecule has 1 aliphatic carbocycles. The third-order valence-corrected chi connectivity index (χ3v) is 4.23. The maximum atomic E-state index is 6.54. The van der Waals surface area contributed by atoms with E-state index in [1.165, 1.54) is 34.9 Å². The van der Waals surface area contributed by atoms with Crippen LogP contribution in [0.3, 0.4) is 0 Å². The number of hydrogen-bond donors (Lipinski definition) is 1. The number of hydrogen-bond acceptors (Lipinski definition) is 1. The molecule has 1 saturated carbocycles. The Labute approximate surface area is 102 Å². The highest BCUT2D eigenvalue weighted by Crippen LogP contribution is 2.38. The predicted molar refractivity (Wildman–Crippen MR) is 72.0 cm³/mol. The van der Waals surface area contributed by atoms with Crippen molar-refractivity contribution in [3.63, 3.8) is 0 Å². The Kier molecular flexibility index (Phi) is 2.30. The molecule has 1 aromatic carbocycles. The number of nitrogens with two attached hydrogens (primary N) is 1. The Bertz CT molecular complexity index is 560. The molecular weight excluding hydrogens is 208 g/mol. The molecule has 0 amide bonds. The van der Waals surface area contributed by atoms with E-state index in [1.54, 1.807) is 0 Å². The molecule has 0 saturated heterocycles. The normalized spacial score (nSPS) is 19.0. The van der Waals surface area contributed by atoms with Crippen molar-refractivity contribution in [3.05, 3.63) is 35.5 Å². The van der Waals surface area contributed by atoms with Crippen LogP contribution in [0.2, 0.25) is 0 Å². The van der Waals surface area contributed by atoms with Gasteiger partial charge >= 0.3 is 0 Å². The van der Waals surface area contributed by atoms with Gasteiger partial charge in [-0.25, -0.2) is 0 Å². The second kappa shape index (κ2) is 3.61. The highest BCUT2D eigenvalue weighted by Gasteiger charge is 2.31. The zero-order valence-electron chi connectivity index (χ0n) is 10.7. The van der Waals surface area contributed by atoms with Gasteiger partial charge in [0.15, 0.2) is 0 Å². The molecule has 1 aliphatic rings. The van der Waals surface area contributed by atoms with Gasteiger partial charge in [0.25, 0.3) is 0 Å². The largest absolute Gasteiger partial charge is 0.350 e. The van der Waals surface area contributed by atoms with E-state index in [9.17, 15) is 0 Å². The van der Waals surface area contributed by atoms with E-state index in [2.05, 4.69) is 42.9 Å². The molecule has 90 valence electrons. The topological polar surface area (TPSA) is 30.9 Å². The van der Waals surface area contributed by atoms with Crippen LogP contribution in [0.4, 0.5) is 0 Å². The van der Waals surface area contributed by atoms with Crippen molar-refractivity contribution >= 4 is 10.9 Å². The minimum absolute atomic E-state index is 0.0746. The molecule has 1 heterocycles. The average molecular weight is 228 g/mol. The monoisotopic (exact) mass is 228 g/mol. The average Bonchev–Trinajstić information content (AvgIpc) is 2.87. The summed E-state index contributed by atoms with van der Waals surface area (Å²) in [6.07, 6.45) is 6.92. The summed E-state index contributed by atoms with van der Waals surface area (Å²) in [5, 5.41) is 1.32. The molecule has 2 aromatic rings. The van der Waals surface area contributed by atoms with Gasteiger partial charge in [0.05, 0.1) is 5.52 Å². The van der Waals surface area contributed by atoms with E-state index in [0.717, 1.165) is 12.8 Å². The third kappa shape index (κ3) is 1.59. The second-order valence-corrected chi connectivity index (χ2v) is 5.52. The van der Waals surface area contributed by atoms with Crippen LogP contribution in [0, 0.1) is 6.92 Å². The molecular formula is C15H20N2. The third-order valence-electron chi connectivity index (χ3n) is 4.23.